The minimum Gasteiger partial charge on any atom is -0.357 e. The van der Waals surface area contributed by atoms with Crippen molar-refractivity contribution in [1.29, 1.82) is 0 Å². The maximum Gasteiger partial charge on any atom is 0.191 e. The number of guanidine groups is 1. The minimum absolute atomic E-state index is 0.566. The third-order valence-corrected chi connectivity index (χ3v) is 5.06. The molecule has 2 rings (SSSR count). The summed E-state index contributed by atoms with van der Waals surface area (Å²) >= 11 is 1.75. The van der Waals surface area contributed by atoms with Gasteiger partial charge in [0, 0.05) is 17.5 Å². The molecule has 1 aromatic rings. The normalized spacial score (nSPS) is 23.1. The molecule has 2 unspecified atom stereocenters. The van der Waals surface area contributed by atoms with E-state index in [1.807, 2.05) is 0 Å². The molecule has 0 bridgehead atoms. The first kappa shape index (κ1) is 16.3. The van der Waals surface area contributed by atoms with Crippen LogP contribution in [0.3, 0.4) is 0 Å². The predicted molar refractivity (Wildman–Crippen MR) is 91.0 cm³/mol. The van der Waals surface area contributed by atoms with Crippen molar-refractivity contribution in [2.24, 2.45) is 10.9 Å². The first-order chi connectivity index (χ1) is 10.1. The Morgan fingerprint density at radius 3 is 2.81 bits per heavy atom. The van der Waals surface area contributed by atoms with Crippen molar-refractivity contribution in [3.8, 4) is 0 Å². The van der Waals surface area contributed by atoms with Crippen molar-refractivity contribution in [3.05, 3.63) is 15.6 Å². The maximum atomic E-state index is 4.74. The molecule has 1 fully saturated rings. The van der Waals surface area contributed by atoms with E-state index in [4.69, 9.17) is 4.99 Å². The zero-order valence-corrected chi connectivity index (χ0v) is 14.5. The van der Waals surface area contributed by atoms with E-state index in [0.29, 0.717) is 6.04 Å². The van der Waals surface area contributed by atoms with E-state index in [1.165, 1.54) is 30.6 Å². The van der Waals surface area contributed by atoms with Gasteiger partial charge in [0.25, 0.3) is 0 Å². The van der Waals surface area contributed by atoms with Gasteiger partial charge in [0.2, 0.25) is 0 Å². The predicted octanol–water partition coefficient (Wildman–Crippen LogP) is 3.39. The second-order valence-electron chi connectivity index (χ2n) is 6.05. The third kappa shape index (κ3) is 4.99. The first-order valence-corrected chi connectivity index (χ1v) is 8.88. The number of nitrogens with zero attached hydrogens (tertiary/aromatic N) is 2. The highest BCUT2D eigenvalue weighted by Gasteiger charge is 2.19. The van der Waals surface area contributed by atoms with Crippen molar-refractivity contribution in [1.82, 2.24) is 15.6 Å². The fraction of sp³-hybridized carbons (Fsp3) is 0.750. The molecule has 1 aromatic heterocycles. The van der Waals surface area contributed by atoms with Crippen LogP contribution in [0.1, 0.15) is 55.1 Å². The smallest absolute Gasteiger partial charge is 0.191 e. The summed E-state index contributed by atoms with van der Waals surface area (Å²) in [4.78, 5) is 10.5. The number of aryl methyl sites for hydroxylation is 2. The Kier molecular flexibility index (Phi) is 6.03. The molecule has 5 heteroatoms. The summed E-state index contributed by atoms with van der Waals surface area (Å²) in [6.45, 7) is 10.2. The number of aromatic nitrogens is 1. The Morgan fingerprint density at radius 2 is 2.19 bits per heavy atom. The van der Waals surface area contributed by atoms with Gasteiger partial charge in [-0.2, -0.15) is 0 Å². The SMILES string of the molecule is CCNC(=NCc1sc(C)nc1C)NC1CCCC(C)C1. The second-order valence-corrected chi connectivity index (χ2v) is 7.34. The first-order valence-electron chi connectivity index (χ1n) is 8.06. The number of thiazole rings is 1. The second kappa shape index (κ2) is 7.78. The van der Waals surface area contributed by atoms with Crippen molar-refractivity contribution in [2.45, 2.75) is 66.0 Å². The van der Waals surface area contributed by atoms with Gasteiger partial charge in [-0.05, 0) is 39.5 Å². The van der Waals surface area contributed by atoms with E-state index in [0.717, 1.165) is 35.7 Å². The Morgan fingerprint density at radius 1 is 1.38 bits per heavy atom. The Balaban J connectivity index is 1.97. The monoisotopic (exact) mass is 308 g/mol. The van der Waals surface area contributed by atoms with Crippen molar-refractivity contribution < 1.29 is 0 Å². The average molecular weight is 308 g/mol. The van der Waals surface area contributed by atoms with Gasteiger partial charge >= 0.3 is 0 Å². The zero-order valence-electron chi connectivity index (χ0n) is 13.7. The van der Waals surface area contributed by atoms with E-state index in [9.17, 15) is 0 Å². The largest absolute Gasteiger partial charge is 0.357 e. The van der Waals surface area contributed by atoms with Crippen LogP contribution in [-0.4, -0.2) is 23.5 Å². The quantitative estimate of drug-likeness (QED) is 0.662. The maximum absolute atomic E-state index is 4.74. The van der Waals surface area contributed by atoms with Gasteiger partial charge < -0.3 is 10.6 Å². The minimum atomic E-state index is 0.566. The number of hydrogen-bond donors (Lipinski definition) is 2. The van der Waals surface area contributed by atoms with Crippen LogP contribution in [0.15, 0.2) is 4.99 Å². The van der Waals surface area contributed by atoms with Gasteiger partial charge in [0.15, 0.2) is 5.96 Å². The molecule has 0 aliphatic heterocycles. The van der Waals surface area contributed by atoms with E-state index < -0.39 is 0 Å². The van der Waals surface area contributed by atoms with Gasteiger partial charge in [0.05, 0.1) is 17.2 Å². The molecule has 1 aliphatic rings. The fourth-order valence-corrected chi connectivity index (χ4v) is 3.81. The van der Waals surface area contributed by atoms with Gasteiger partial charge in [-0.1, -0.05) is 19.8 Å². The fourth-order valence-electron chi connectivity index (χ4n) is 2.95. The molecule has 2 atom stereocenters. The molecule has 21 heavy (non-hydrogen) atoms. The standard InChI is InChI=1S/C16H28N4S/c1-5-17-16(20-14-8-6-7-11(2)9-14)18-10-15-12(3)19-13(4)21-15/h11,14H,5-10H2,1-4H3,(H2,17,18,20). The van der Waals surface area contributed by atoms with Gasteiger partial charge in [-0.3, -0.25) is 0 Å². The number of nitrogens with one attached hydrogen (secondary N) is 2. The van der Waals surface area contributed by atoms with Crippen LogP contribution >= 0.6 is 11.3 Å². The van der Waals surface area contributed by atoms with Crippen LogP contribution in [0, 0.1) is 19.8 Å². The van der Waals surface area contributed by atoms with E-state index >= 15 is 0 Å². The lowest BCUT2D eigenvalue weighted by atomic mass is 9.87. The molecule has 0 aromatic carbocycles. The van der Waals surface area contributed by atoms with E-state index in [2.05, 4.69) is 43.3 Å². The topological polar surface area (TPSA) is 49.3 Å². The lowest BCUT2D eigenvalue weighted by Gasteiger charge is -2.28. The highest BCUT2D eigenvalue weighted by molar-refractivity contribution is 7.11. The highest BCUT2D eigenvalue weighted by atomic mass is 32.1. The molecular formula is C16H28N4S. The number of aliphatic imine (C=N–C) groups is 1. The molecule has 118 valence electrons. The summed E-state index contributed by atoms with van der Waals surface area (Å²) in [5.41, 5.74) is 1.11. The molecule has 1 aliphatic carbocycles. The van der Waals surface area contributed by atoms with Crippen molar-refractivity contribution in [2.75, 3.05) is 6.54 Å². The van der Waals surface area contributed by atoms with Crippen LogP contribution in [0.5, 0.6) is 0 Å². The Labute approximate surface area is 132 Å². The van der Waals surface area contributed by atoms with E-state index in [-0.39, 0.29) is 0 Å². The van der Waals surface area contributed by atoms with Crippen LogP contribution in [0.2, 0.25) is 0 Å². The van der Waals surface area contributed by atoms with Crippen LogP contribution in [0.25, 0.3) is 0 Å². The van der Waals surface area contributed by atoms with Crippen molar-refractivity contribution in [3.63, 3.8) is 0 Å². The summed E-state index contributed by atoms with van der Waals surface area (Å²) in [5.74, 6) is 1.77. The molecule has 0 radical (unpaired) electrons. The molecule has 0 saturated heterocycles. The molecule has 1 saturated carbocycles. The Hall–Kier alpha value is -1.10. The van der Waals surface area contributed by atoms with Crippen LogP contribution in [-0.2, 0) is 6.54 Å². The molecule has 4 nitrogen and oxygen atoms in total. The molecule has 1 heterocycles. The molecule has 0 amide bonds. The summed E-state index contributed by atoms with van der Waals surface area (Å²) in [6, 6.07) is 0.566. The number of hydrogen-bond acceptors (Lipinski definition) is 3. The van der Waals surface area contributed by atoms with Crippen LogP contribution in [0.4, 0.5) is 0 Å². The zero-order chi connectivity index (χ0) is 15.2. The van der Waals surface area contributed by atoms with Gasteiger partial charge in [-0.15, -0.1) is 11.3 Å². The van der Waals surface area contributed by atoms with E-state index in [1.54, 1.807) is 11.3 Å². The summed E-state index contributed by atoms with van der Waals surface area (Å²) in [5, 5.41) is 8.09. The summed E-state index contributed by atoms with van der Waals surface area (Å²) in [7, 11) is 0. The summed E-state index contributed by atoms with van der Waals surface area (Å²) < 4.78 is 0. The highest BCUT2D eigenvalue weighted by Crippen LogP contribution is 2.23. The van der Waals surface area contributed by atoms with Gasteiger partial charge in [-0.25, -0.2) is 9.98 Å². The third-order valence-electron chi connectivity index (χ3n) is 4.00. The van der Waals surface area contributed by atoms with Crippen molar-refractivity contribution >= 4 is 17.3 Å². The molecular weight excluding hydrogens is 280 g/mol. The average Bonchev–Trinajstić information content (AvgIpc) is 2.75. The number of rotatable bonds is 4. The Bertz CT molecular complexity index is 481. The lowest BCUT2D eigenvalue weighted by molar-refractivity contribution is 0.324. The molecule has 2 N–H and O–H groups in total. The van der Waals surface area contributed by atoms with Gasteiger partial charge in [0.1, 0.15) is 0 Å². The van der Waals surface area contributed by atoms with Crippen LogP contribution < -0.4 is 10.6 Å². The lowest BCUT2D eigenvalue weighted by Crippen LogP contribution is -2.45. The summed E-state index contributed by atoms with van der Waals surface area (Å²) in [6.07, 6.45) is 5.20. The molecule has 0 spiro atoms.